The molecule has 0 N–H and O–H groups in total. The molecule has 2 atom stereocenters. The van der Waals surface area contributed by atoms with Gasteiger partial charge in [-0.2, -0.15) is 8.78 Å². The lowest BCUT2D eigenvalue weighted by molar-refractivity contribution is -0.0507. The maximum atomic E-state index is 13.3. The van der Waals surface area contributed by atoms with Gasteiger partial charge in [-0.15, -0.1) is 0 Å². The molecular formula is C28H25F2N4O3P. The van der Waals surface area contributed by atoms with Crippen molar-refractivity contribution in [3.63, 3.8) is 0 Å². The van der Waals surface area contributed by atoms with Crippen molar-refractivity contribution in [1.82, 2.24) is 19.4 Å². The highest BCUT2D eigenvalue weighted by Crippen LogP contribution is 2.51. The minimum atomic E-state index is -3.00. The van der Waals surface area contributed by atoms with E-state index >= 15 is 0 Å². The van der Waals surface area contributed by atoms with E-state index in [0.717, 1.165) is 53.2 Å². The molecule has 0 spiro atoms. The van der Waals surface area contributed by atoms with Crippen molar-refractivity contribution in [3.05, 3.63) is 71.7 Å². The molecule has 0 radical (unpaired) electrons. The van der Waals surface area contributed by atoms with Crippen LogP contribution in [0.1, 0.15) is 53.1 Å². The maximum Gasteiger partial charge on any atom is 0.387 e. The molecule has 2 bridgehead atoms. The van der Waals surface area contributed by atoms with Crippen LogP contribution in [0.4, 0.5) is 8.78 Å². The zero-order valence-electron chi connectivity index (χ0n) is 20.7. The number of pyridine rings is 1. The predicted octanol–water partition coefficient (Wildman–Crippen LogP) is 5.60. The quantitative estimate of drug-likeness (QED) is 0.319. The molecule has 0 aliphatic carbocycles. The van der Waals surface area contributed by atoms with E-state index in [4.69, 9.17) is 9.72 Å². The maximum absolute atomic E-state index is 13.3. The highest BCUT2D eigenvalue weighted by molar-refractivity contribution is 7.71. The molecule has 38 heavy (non-hydrogen) atoms. The van der Waals surface area contributed by atoms with E-state index < -0.39 is 13.8 Å². The Morgan fingerprint density at radius 1 is 1.05 bits per heavy atom. The van der Waals surface area contributed by atoms with Crippen molar-refractivity contribution < 1.29 is 22.9 Å². The number of hydrogen-bond acceptors (Lipinski definition) is 5. The van der Waals surface area contributed by atoms with Crippen molar-refractivity contribution in [1.29, 1.82) is 0 Å². The summed E-state index contributed by atoms with van der Waals surface area (Å²) in [6.45, 7) is -3.00. The summed E-state index contributed by atoms with van der Waals surface area (Å²) in [6, 6.07) is 13.8. The van der Waals surface area contributed by atoms with Gasteiger partial charge in [-0.05, 0) is 48.7 Å². The Morgan fingerprint density at radius 3 is 2.58 bits per heavy atom. The number of aromatic nitrogens is 3. The first-order valence-corrected chi connectivity index (χ1v) is 14.8. The van der Waals surface area contributed by atoms with Crippen molar-refractivity contribution in [3.8, 4) is 16.9 Å². The minimum absolute atomic E-state index is 0.0114. The van der Waals surface area contributed by atoms with Crippen LogP contribution < -0.4 is 10.2 Å². The van der Waals surface area contributed by atoms with Gasteiger partial charge in [0.15, 0.2) is 0 Å². The second kappa shape index (κ2) is 8.46. The Labute approximate surface area is 217 Å². The number of halogens is 2. The van der Waals surface area contributed by atoms with Gasteiger partial charge in [0.1, 0.15) is 18.7 Å². The van der Waals surface area contributed by atoms with Crippen molar-refractivity contribution in [2.45, 2.75) is 38.0 Å². The summed E-state index contributed by atoms with van der Waals surface area (Å²) >= 11 is 0. The van der Waals surface area contributed by atoms with E-state index in [1.165, 1.54) is 6.07 Å². The lowest BCUT2D eigenvalue weighted by Crippen LogP contribution is -2.30. The Hall–Kier alpha value is -3.58. The first-order valence-electron chi connectivity index (χ1n) is 12.8. The zero-order chi connectivity index (χ0) is 26.2. The van der Waals surface area contributed by atoms with Crippen LogP contribution in [0.5, 0.6) is 5.75 Å². The van der Waals surface area contributed by atoms with Crippen LogP contribution in [-0.4, -0.2) is 51.3 Å². The normalized spacial score (nSPS) is 21.6. The van der Waals surface area contributed by atoms with Gasteiger partial charge in [-0.3, -0.25) is 9.78 Å². The van der Waals surface area contributed by atoms with Crippen molar-refractivity contribution in [2.75, 3.05) is 19.4 Å². The van der Waals surface area contributed by atoms with E-state index in [1.54, 1.807) is 30.3 Å². The van der Waals surface area contributed by atoms with E-state index in [1.807, 2.05) is 30.3 Å². The number of benzene rings is 2. The largest absolute Gasteiger partial charge is 0.434 e. The molecule has 2 aromatic heterocycles. The lowest BCUT2D eigenvalue weighted by Gasteiger charge is -2.24. The van der Waals surface area contributed by atoms with E-state index in [2.05, 4.69) is 9.55 Å². The Kier molecular flexibility index (Phi) is 5.24. The van der Waals surface area contributed by atoms with Crippen LogP contribution in [0.15, 0.2) is 54.7 Å². The van der Waals surface area contributed by atoms with Gasteiger partial charge in [0.2, 0.25) is 0 Å². The number of carbonyl (C=O) groups excluding carboxylic acids is 1. The number of fused-ring (bicyclic) bond motifs is 9. The fourth-order valence-corrected chi connectivity index (χ4v) is 9.10. The second-order valence-corrected chi connectivity index (χ2v) is 13.4. The van der Waals surface area contributed by atoms with Gasteiger partial charge in [0.25, 0.3) is 5.91 Å². The van der Waals surface area contributed by atoms with E-state index in [-0.39, 0.29) is 23.7 Å². The molecule has 194 valence electrons. The third-order valence-electron chi connectivity index (χ3n) is 8.19. The van der Waals surface area contributed by atoms with Gasteiger partial charge in [-0.1, -0.05) is 18.2 Å². The molecule has 1 fully saturated rings. The molecule has 7 rings (SSSR count). The molecule has 2 aromatic carbocycles. The average molecular weight is 535 g/mol. The monoisotopic (exact) mass is 534 g/mol. The number of ether oxygens (including phenoxy) is 1. The molecule has 1 amide bonds. The van der Waals surface area contributed by atoms with Crippen molar-refractivity contribution >= 4 is 29.5 Å². The molecule has 10 heteroatoms. The Bertz CT molecular complexity index is 1640. The third-order valence-corrected chi connectivity index (χ3v) is 11.4. The second-order valence-electron chi connectivity index (χ2n) is 10.3. The summed E-state index contributed by atoms with van der Waals surface area (Å²) < 4.78 is 46.8. The first kappa shape index (κ1) is 23.5. The van der Waals surface area contributed by atoms with E-state index in [0.29, 0.717) is 23.0 Å². The molecule has 4 aromatic rings. The van der Waals surface area contributed by atoms with Gasteiger partial charge in [-0.25, -0.2) is 4.98 Å². The number of rotatable bonds is 4. The number of alkyl halides is 2. The molecule has 7 nitrogen and oxygen atoms in total. The van der Waals surface area contributed by atoms with Gasteiger partial charge in [0, 0.05) is 48.7 Å². The zero-order valence-corrected chi connectivity index (χ0v) is 21.6. The van der Waals surface area contributed by atoms with Crippen LogP contribution in [0.2, 0.25) is 0 Å². The number of amides is 1. The van der Waals surface area contributed by atoms with Crippen LogP contribution in [0.3, 0.4) is 0 Å². The summed E-state index contributed by atoms with van der Waals surface area (Å²) in [5.74, 6) is 0.499. The smallest absolute Gasteiger partial charge is 0.387 e. The van der Waals surface area contributed by atoms with Crippen LogP contribution >= 0.6 is 7.14 Å². The molecule has 1 saturated heterocycles. The first-order chi connectivity index (χ1) is 18.3. The fraction of sp³-hybridized carbons (Fsp3) is 0.321. The van der Waals surface area contributed by atoms with Gasteiger partial charge in [0.05, 0.1) is 28.6 Å². The number of carbonyl (C=O) groups is 1. The minimum Gasteiger partial charge on any atom is -0.434 e. The lowest BCUT2D eigenvalue weighted by atomic mass is 9.97. The SMILES string of the molecule is CN1C(=O)c2cccc(OC(F)F)c2[C@H]2C[C@@H]1c1nc3ccc(-c4ccc(P5(=O)CCCC5)nc4)cc3n12. The topological polar surface area (TPSA) is 77.3 Å². The van der Waals surface area contributed by atoms with Gasteiger partial charge >= 0.3 is 6.61 Å². The number of imidazole rings is 1. The molecular weight excluding hydrogens is 509 g/mol. The standard InChI is InChI=1S/C28H25F2N4O3P/c1-33-22-14-21(25-18(27(33)35)5-4-6-23(25)37-28(29)30)34-20-13-16(7-9-19(20)32-26(22)34)17-8-10-24(31-15-17)38(36)11-2-3-12-38/h4-10,13,15,21-22,28H,2-3,11-12,14H2,1H3/t21-,22-/m1/s1. The average Bonchev–Trinajstić information content (AvgIpc) is 3.60. The van der Waals surface area contributed by atoms with Crippen LogP contribution in [0, 0.1) is 0 Å². The molecule has 3 aliphatic heterocycles. The van der Waals surface area contributed by atoms with Crippen molar-refractivity contribution in [2.24, 2.45) is 0 Å². The highest BCUT2D eigenvalue weighted by Gasteiger charge is 2.45. The van der Waals surface area contributed by atoms with Crippen LogP contribution in [-0.2, 0) is 4.57 Å². The summed E-state index contributed by atoms with van der Waals surface area (Å²) in [6.07, 6.45) is 5.72. The molecule has 0 unspecified atom stereocenters. The molecule has 3 aliphatic rings. The summed E-state index contributed by atoms with van der Waals surface area (Å²) in [5, 5.41) is 0. The number of nitrogens with zero attached hydrogens (tertiary/aromatic N) is 4. The fourth-order valence-electron chi connectivity index (χ4n) is 6.33. The van der Waals surface area contributed by atoms with Crippen LogP contribution in [0.25, 0.3) is 22.2 Å². The molecule has 5 heterocycles. The Balaban J connectivity index is 1.36. The summed E-state index contributed by atoms with van der Waals surface area (Å²) in [4.78, 5) is 24.4. The Morgan fingerprint density at radius 2 is 1.84 bits per heavy atom. The number of hydrogen-bond donors (Lipinski definition) is 0. The summed E-state index contributed by atoms with van der Waals surface area (Å²) in [5.41, 5.74) is 4.94. The molecule has 0 saturated carbocycles. The summed E-state index contributed by atoms with van der Waals surface area (Å²) in [7, 11) is -0.645. The highest BCUT2D eigenvalue weighted by atomic mass is 31.2. The van der Waals surface area contributed by atoms with E-state index in [9.17, 15) is 18.1 Å². The van der Waals surface area contributed by atoms with Gasteiger partial charge < -0.3 is 18.8 Å². The predicted molar refractivity (Wildman–Crippen MR) is 140 cm³/mol. The third kappa shape index (κ3) is 3.44.